The van der Waals surface area contributed by atoms with Crippen molar-refractivity contribution in [2.75, 3.05) is 17.1 Å². The summed E-state index contributed by atoms with van der Waals surface area (Å²) in [7, 11) is -3.67. The Balaban J connectivity index is 2.13. The van der Waals surface area contributed by atoms with Crippen LogP contribution in [0.1, 0.15) is 11.3 Å². The standard InChI is InChI=1S/C15H15N3O4S/c1-23(20,21)18(13-5-2-4-12(8-13)9-16)11-15(19)17-10-14-6-3-7-22-14/h2-8H,10-11H2,1H3,(H,17,19). The second kappa shape index (κ2) is 6.98. The van der Waals surface area contributed by atoms with Gasteiger partial charge in [-0.1, -0.05) is 6.07 Å². The lowest BCUT2D eigenvalue weighted by Crippen LogP contribution is -2.40. The molecule has 1 N–H and O–H groups in total. The molecule has 23 heavy (non-hydrogen) atoms. The van der Waals surface area contributed by atoms with Gasteiger partial charge in [-0.05, 0) is 30.3 Å². The van der Waals surface area contributed by atoms with Crippen molar-refractivity contribution in [3.63, 3.8) is 0 Å². The molecule has 8 heteroatoms. The van der Waals surface area contributed by atoms with Gasteiger partial charge in [-0.25, -0.2) is 8.42 Å². The van der Waals surface area contributed by atoms with Gasteiger partial charge < -0.3 is 9.73 Å². The second-order valence-corrected chi connectivity index (χ2v) is 6.69. The number of sulfonamides is 1. The van der Waals surface area contributed by atoms with Gasteiger partial charge in [0.25, 0.3) is 0 Å². The summed E-state index contributed by atoms with van der Waals surface area (Å²) in [6.45, 7) is -0.212. The van der Waals surface area contributed by atoms with Crippen molar-refractivity contribution < 1.29 is 17.6 Å². The summed E-state index contributed by atoms with van der Waals surface area (Å²) in [5.41, 5.74) is 0.576. The molecular formula is C15H15N3O4S. The van der Waals surface area contributed by atoms with Crippen LogP contribution in [0.15, 0.2) is 47.1 Å². The fraction of sp³-hybridized carbons (Fsp3) is 0.200. The highest BCUT2D eigenvalue weighted by Gasteiger charge is 2.21. The van der Waals surface area contributed by atoms with E-state index in [0.29, 0.717) is 11.3 Å². The number of nitrogens with zero attached hydrogens (tertiary/aromatic N) is 2. The molecule has 0 saturated heterocycles. The van der Waals surface area contributed by atoms with Crippen LogP contribution in [-0.2, 0) is 21.4 Å². The van der Waals surface area contributed by atoms with Gasteiger partial charge in [-0.3, -0.25) is 9.10 Å². The van der Waals surface area contributed by atoms with Crippen LogP contribution in [0.2, 0.25) is 0 Å². The summed E-state index contributed by atoms with van der Waals surface area (Å²) in [5, 5.41) is 11.5. The summed E-state index contributed by atoms with van der Waals surface area (Å²) in [5.74, 6) is 0.0879. The van der Waals surface area contributed by atoms with Crippen LogP contribution in [0.25, 0.3) is 0 Å². The molecule has 0 fully saturated rings. The number of amides is 1. The fourth-order valence-corrected chi connectivity index (χ4v) is 2.76. The minimum Gasteiger partial charge on any atom is -0.467 e. The average molecular weight is 333 g/mol. The van der Waals surface area contributed by atoms with E-state index in [1.54, 1.807) is 24.3 Å². The Hall–Kier alpha value is -2.79. The third-order valence-corrected chi connectivity index (χ3v) is 4.13. The largest absolute Gasteiger partial charge is 0.467 e. The molecule has 0 aliphatic rings. The minimum absolute atomic E-state index is 0.168. The predicted molar refractivity (Wildman–Crippen MR) is 83.9 cm³/mol. The molecule has 7 nitrogen and oxygen atoms in total. The van der Waals surface area contributed by atoms with Gasteiger partial charge in [0, 0.05) is 0 Å². The quantitative estimate of drug-likeness (QED) is 0.856. The number of rotatable bonds is 6. The number of nitrogens with one attached hydrogen (secondary N) is 1. The molecule has 0 aliphatic carbocycles. The smallest absolute Gasteiger partial charge is 0.241 e. The molecule has 1 aromatic heterocycles. The maximum atomic E-state index is 12.0. The Morgan fingerprint density at radius 2 is 2.13 bits per heavy atom. The molecule has 0 aliphatic heterocycles. The summed E-state index contributed by atoms with van der Waals surface area (Å²) in [6, 6.07) is 11.4. The Bertz CT molecular complexity index is 823. The number of benzene rings is 1. The molecule has 0 saturated carbocycles. The SMILES string of the molecule is CS(=O)(=O)N(CC(=O)NCc1ccco1)c1cccc(C#N)c1. The van der Waals surface area contributed by atoms with Crippen molar-refractivity contribution >= 4 is 21.6 Å². The highest BCUT2D eigenvalue weighted by atomic mass is 32.2. The lowest BCUT2D eigenvalue weighted by atomic mass is 10.2. The molecule has 2 rings (SSSR count). The normalized spacial score (nSPS) is 10.8. The minimum atomic E-state index is -3.67. The van der Waals surface area contributed by atoms with E-state index in [0.717, 1.165) is 10.6 Å². The molecule has 0 bridgehead atoms. The molecule has 1 amide bonds. The number of hydrogen-bond acceptors (Lipinski definition) is 5. The van der Waals surface area contributed by atoms with Crippen LogP contribution in [-0.4, -0.2) is 27.1 Å². The maximum Gasteiger partial charge on any atom is 0.241 e. The van der Waals surface area contributed by atoms with E-state index in [4.69, 9.17) is 9.68 Å². The van der Waals surface area contributed by atoms with Crippen molar-refractivity contribution in [3.05, 3.63) is 54.0 Å². The average Bonchev–Trinajstić information content (AvgIpc) is 3.03. The molecular weight excluding hydrogens is 318 g/mol. The maximum absolute atomic E-state index is 12.0. The van der Waals surface area contributed by atoms with Crippen molar-refractivity contribution in [2.24, 2.45) is 0 Å². The number of nitriles is 1. The van der Waals surface area contributed by atoms with Crippen molar-refractivity contribution in [1.29, 1.82) is 5.26 Å². The van der Waals surface area contributed by atoms with E-state index in [2.05, 4.69) is 5.32 Å². The fourth-order valence-electron chi connectivity index (χ4n) is 1.92. The van der Waals surface area contributed by atoms with Crippen molar-refractivity contribution in [2.45, 2.75) is 6.54 Å². The topological polar surface area (TPSA) is 103 Å². The monoisotopic (exact) mass is 333 g/mol. The Labute approximate surface area is 134 Å². The molecule has 120 valence electrons. The number of hydrogen-bond donors (Lipinski definition) is 1. The zero-order chi connectivity index (χ0) is 16.9. The van der Waals surface area contributed by atoms with Gasteiger partial charge in [-0.15, -0.1) is 0 Å². The lowest BCUT2D eigenvalue weighted by molar-refractivity contribution is -0.119. The molecule has 1 aromatic carbocycles. The van der Waals surface area contributed by atoms with Crippen LogP contribution in [0.3, 0.4) is 0 Å². The van der Waals surface area contributed by atoms with Gasteiger partial charge in [0.2, 0.25) is 15.9 Å². The zero-order valence-electron chi connectivity index (χ0n) is 12.4. The Morgan fingerprint density at radius 3 is 2.74 bits per heavy atom. The van der Waals surface area contributed by atoms with Crippen LogP contribution < -0.4 is 9.62 Å². The second-order valence-electron chi connectivity index (χ2n) is 4.79. The number of carbonyl (C=O) groups is 1. The summed E-state index contributed by atoms with van der Waals surface area (Å²) in [6.07, 6.45) is 2.49. The summed E-state index contributed by atoms with van der Waals surface area (Å²) >= 11 is 0. The third-order valence-electron chi connectivity index (χ3n) is 2.99. The molecule has 2 aromatic rings. The van der Waals surface area contributed by atoms with E-state index in [-0.39, 0.29) is 18.8 Å². The van der Waals surface area contributed by atoms with Crippen molar-refractivity contribution in [3.8, 4) is 6.07 Å². The van der Waals surface area contributed by atoms with E-state index < -0.39 is 15.9 Å². The number of carbonyl (C=O) groups excluding carboxylic acids is 1. The van der Waals surface area contributed by atoms with Crippen LogP contribution in [0.4, 0.5) is 5.69 Å². The van der Waals surface area contributed by atoms with Gasteiger partial charge in [0.15, 0.2) is 0 Å². The molecule has 0 spiro atoms. The molecule has 1 heterocycles. The molecule has 0 atom stereocenters. The van der Waals surface area contributed by atoms with E-state index in [9.17, 15) is 13.2 Å². The Kier molecular flexibility index (Phi) is 5.03. The first-order valence-electron chi connectivity index (χ1n) is 6.67. The predicted octanol–water partition coefficient (Wildman–Crippen LogP) is 1.23. The highest BCUT2D eigenvalue weighted by molar-refractivity contribution is 7.92. The lowest BCUT2D eigenvalue weighted by Gasteiger charge is -2.21. The van der Waals surface area contributed by atoms with Gasteiger partial charge in [0.1, 0.15) is 12.3 Å². The van der Waals surface area contributed by atoms with Crippen molar-refractivity contribution in [1.82, 2.24) is 5.32 Å². The first-order valence-corrected chi connectivity index (χ1v) is 8.52. The van der Waals surface area contributed by atoms with E-state index in [1.165, 1.54) is 18.4 Å². The van der Waals surface area contributed by atoms with Crippen LogP contribution in [0, 0.1) is 11.3 Å². The zero-order valence-corrected chi connectivity index (χ0v) is 13.2. The van der Waals surface area contributed by atoms with Gasteiger partial charge in [-0.2, -0.15) is 5.26 Å². The van der Waals surface area contributed by atoms with Crippen LogP contribution in [0.5, 0.6) is 0 Å². The highest BCUT2D eigenvalue weighted by Crippen LogP contribution is 2.18. The van der Waals surface area contributed by atoms with E-state index in [1.807, 2.05) is 6.07 Å². The third kappa shape index (κ3) is 4.59. The van der Waals surface area contributed by atoms with E-state index >= 15 is 0 Å². The Morgan fingerprint density at radius 1 is 1.35 bits per heavy atom. The van der Waals surface area contributed by atoms with Gasteiger partial charge >= 0.3 is 0 Å². The number of furan rings is 1. The first-order chi connectivity index (χ1) is 10.9. The summed E-state index contributed by atoms with van der Waals surface area (Å²) < 4.78 is 29.9. The first kappa shape index (κ1) is 16.6. The molecule has 0 radical (unpaired) electrons. The summed E-state index contributed by atoms with van der Waals surface area (Å²) in [4.78, 5) is 12.0. The van der Waals surface area contributed by atoms with Gasteiger partial charge in [0.05, 0.1) is 36.4 Å². The number of anilines is 1. The molecule has 0 unspecified atom stereocenters. The van der Waals surface area contributed by atoms with Crippen LogP contribution >= 0.6 is 0 Å².